The molecule has 4 heterocycles. The lowest BCUT2D eigenvalue weighted by Gasteiger charge is -2.17. The first kappa shape index (κ1) is 31.0. The van der Waals surface area contributed by atoms with E-state index in [4.69, 9.17) is 19.2 Å². The molecule has 7 nitrogen and oxygen atoms in total. The maximum absolute atomic E-state index is 6.20. The molecule has 3 aliphatic heterocycles. The largest absolute Gasteiger partial charge is 0.492 e. The van der Waals surface area contributed by atoms with Crippen LogP contribution in [0.4, 0.5) is 0 Å². The molecule has 3 saturated heterocycles. The third-order valence-corrected chi connectivity index (χ3v) is 9.70. The number of rotatable bonds is 14. The van der Waals surface area contributed by atoms with Crippen LogP contribution in [-0.2, 0) is 0 Å². The Labute approximate surface area is 274 Å². The molecule has 0 unspecified atom stereocenters. The molecular weight excluding hydrogens is 572 g/mol. The van der Waals surface area contributed by atoms with Crippen molar-refractivity contribution in [3.63, 3.8) is 0 Å². The minimum Gasteiger partial charge on any atom is -0.492 e. The maximum Gasteiger partial charge on any atom is 0.120 e. The van der Waals surface area contributed by atoms with E-state index in [0.29, 0.717) is 13.2 Å². The summed E-state index contributed by atoms with van der Waals surface area (Å²) in [6.07, 6.45) is 7.81. The van der Waals surface area contributed by atoms with Gasteiger partial charge in [-0.05, 0) is 144 Å². The maximum atomic E-state index is 6.20. The number of hydrogen-bond donors (Lipinski definition) is 0. The lowest BCUT2D eigenvalue weighted by Crippen LogP contribution is -2.25. The lowest BCUT2D eigenvalue weighted by atomic mass is 9.97. The summed E-state index contributed by atoms with van der Waals surface area (Å²) in [5, 5.41) is 1.07. The minimum atomic E-state index is 0.704. The Balaban J connectivity index is 1.10. The number of aromatic nitrogens is 1. The van der Waals surface area contributed by atoms with Crippen LogP contribution in [0.1, 0.15) is 38.5 Å². The van der Waals surface area contributed by atoms with Crippen LogP contribution in [0, 0.1) is 0 Å². The van der Waals surface area contributed by atoms with Crippen molar-refractivity contribution in [2.45, 2.75) is 38.5 Å². The van der Waals surface area contributed by atoms with Crippen molar-refractivity contribution in [1.82, 2.24) is 19.7 Å². The van der Waals surface area contributed by atoms with Crippen LogP contribution >= 0.6 is 0 Å². The summed E-state index contributed by atoms with van der Waals surface area (Å²) in [6, 6.07) is 25.4. The summed E-state index contributed by atoms with van der Waals surface area (Å²) in [6.45, 7) is 12.2. The van der Waals surface area contributed by atoms with E-state index in [1.807, 2.05) is 6.07 Å². The zero-order chi connectivity index (χ0) is 31.0. The Bertz CT molecular complexity index is 1540. The van der Waals surface area contributed by atoms with E-state index in [1.54, 1.807) is 0 Å². The summed E-state index contributed by atoms with van der Waals surface area (Å²) in [4.78, 5) is 12.7. The van der Waals surface area contributed by atoms with Gasteiger partial charge in [0.05, 0.1) is 11.2 Å². The van der Waals surface area contributed by atoms with E-state index < -0.39 is 0 Å². The minimum absolute atomic E-state index is 0.704. The van der Waals surface area contributed by atoms with Gasteiger partial charge >= 0.3 is 0 Å². The fourth-order valence-corrected chi connectivity index (χ4v) is 7.02. The Morgan fingerprint density at radius 2 is 0.913 bits per heavy atom. The second-order valence-corrected chi connectivity index (χ2v) is 13.0. The van der Waals surface area contributed by atoms with Crippen LogP contribution in [0.5, 0.6) is 17.2 Å². The Kier molecular flexibility index (Phi) is 10.3. The molecule has 0 radical (unpaired) electrons. The van der Waals surface area contributed by atoms with Crippen molar-refractivity contribution < 1.29 is 14.2 Å². The molecule has 1 aromatic heterocycles. The van der Waals surface area contributed by atoms with E-state index in [0.717, 1.165) is 76.8 Å². The molecule has 0 aliphatic carbocycles. The van der Waals surface area contributed by atoms with Crippen molar-refractivity contribution in [3.05, 3.63) is 72.8 Å². The molecule has 242 valence electrons. The molecule has 0 amide bonds. The highest BCUT2D eigenvalue weighted by molar-refractivity contribution is 5.92. The SMILES string of the molecule is c1cc(-c2cc3cc(OCCN4CCCC4)ccc3nc2-c2ccc(OCCN3CCCC3)cc2)ccc1OCCN1CCCC1. The number of benzene rings is 3. The second-order valence-electron chi connectivity index (χ2n) is 13.0. The monoisotopic (exact) mass is 620 g/mol. The standard InChI is InChI=1S/C39H48N4O3/c1-2-18-41(17-1)23-26-44-34-11-7-31(8-12-34)37-30-33-29-36(46-28-25-43-21-5-6-22-43)15-16-38(33)40-39(37)32-9-13-35(14-10-32)45-27-24-42-19-3-4-20-42/h7-16,29-30H,1-6,17-28H2. The van der Waals surface area contributed by atoms with Crippen molar-refractivity contribution in [1.29, 1.82) is 0 Å². The summed E-state index contributed by atoms with van der Waals surface area (Å²) >= 11 is 0. The highest BCUT2D eigenvalue weighted by Crippen LogP contribution is 2.36. The van der Waals surface area contributed by atoms with Gasteiger partial charge in [-0.2, -0.15) is 0 Å². The third-order valence-electron chi connectivity index (χ3n) is 9.70. The Morgan fingerprint density at radius 1 is 0.478 bits per heavy atom. The smallest absolute Gasteiger partial charge is 0.120 e. The van der Waals surface area contributed by atoms with E-state index in [-0.39, 0.29) is 0 Å². The molecule has 7 rings (SSSR count). The highest BCUT2D eigenvalue weighted by atomic mass is 16.5. The van der Waals surface area contributed by atoms with Crippen LogP contribution in [0.25, 0.3) is 33.3 Å². The first-order valence-electron chi connectivity index (χ1n) is 17.5. The zero-order valence-electron chi connectivity index (χ0n) is 27.2. The predicted octanol–water partition coefficient (Wildman–Crippen LogP) is 6.99. The Hall–Kier alpha value is -3.65. The van der Waals surface area contributed by atoms with Gasteiger partial charge in [0, 0.05) is 36.1 Å². The van der Waals surface area contributed by atoms with Gasteiger partial charge in [0.25, 0.3) is 0 Å². The number of ether oxygens (including phenoxy) is 3. The van der Waals surface area contributed by atoms with Gasteiger partial charge in [0.2, 0.25) is 0 Å². The molecule has 0 atom stereocenters. The second kappa shape index (κ2) is 15.3. The van der Waals surface area contributed by atoms with E-state index in [1.165, 1.54) is 77.8 Å². The topological polar surface area (TPSA) is 50.3 Å². The fraction of sp³-hybridized carbons (Fsp3) is 0.462. The van der Waals surface area contributed by atoms with Gasteiger partial charge in [-0.25, -0.2) is 4.98 Å². The van der Waals surface area contributed by atoms with Crippen LogP contribution in [0.3, 0.4) is 0 Å². The fourth-order valence-electron chi connectivity index (χ4n) is 7.02. The average Bonchev–Trinajstić information content (AvgIpc) is 3.91. The molecule has 0 spiro atoms. The lowest BCUT2D eigenvalue weighted by molar-refractivity contribution is 0.237. The normalized spacial score (nSPS) is 17.7. The molecule has 4 aromatic rings. The number of fused-ring (bicyclic) bond motifs is 1. The van der Waals surface area contributed by atoms with Gasteiger partial charge in [-0.3, -0.25) is 14.7 Å². The van der Waals surface area contributed by atoms with Crippen LogP contribution in [0.2, 0.25) is 0 Å². The molecular formula is C39H48N4O3. The van der Waals surface area contributed by atoms with Gasteiger partial charge in [-0.1, -0.05) is 12.1 Å². The summed E-state index contributed by atoms with van der Waals surface area (Å²) in [5.41, 5.74) is 5.19. The third kappa shape index (κ3) is 8.00. The summed E-state index contributed by atoms with van der Waals surface area (Å²) < 4.78 is 18.4. The molecule has 0 N–H and O–H groups in total. The quantitative estimate of drug-likeness (QED) is 0.151. The van der Waals surface area contributed by atoms with Crippen molar-refractivity contribution >= 4 is 10.9 Å². The highest BCUT2D eigenvalue weighted by Gasteiger charge is 2.16. The Morgan fingerprint density at radius 3 is 1.41 bits per heavy atom. The van der Waals surface area contributed by atoms with Crippen molar-refractivity contribution in [2.75, 3.05) is 78.7 Å². The van der Waals surface area contributed by atoms with Gasteiger partial charge in [0.1, 0.15) is 37.1 Å². The van der Waals surface area contributed by atoms with Crippen LogP contribution in [-0.4, -0.2) is 98.4 Å². The molecule has 46 heavy (non-hydrogen) atoms. The van der Waals surface area contributed by atoms with Gasteiger partial charge < -0.3 is 14.2 Å². The molecule has 3 aromatic carbocycles. The number of hydrogen-bond acceptors (Lipinski definition) is 7. The summed E-state index contributed by atoms with van der Waals surface area (Å²) in [5.74, 6) is 2.70. The predicted molar refractivity (Wildman–Crippen MR) is 186 cm³/mol. The van der Waals surface area contributed by atoms with Crippen LogP contribution in [0.15, 0.2) is 72.8 Å². The van der Waals surface area contributed by atoms with Gasteiger partial charge in [-0.15, -0.1) is 0 Å². The first-order chi connectivity index (χ1) is 22.8. The number of likely N-dealkylation sites (tertiary alicyclic amines) is 3. The van der Waals surface area contributed by atoms with E-state index >= 15 is 0 Å². The molecule has 7 heteroatoms. The van der Waals surface area contributed by atoms with Crippen molar-refractivity contribution in [2.24, 2.45) is 0 Å². The molecule has 3 fully saturated rings. The van der Waals surface area contributed by atoms with E-state index in [2.05, 4.69) is 81.4 Å². The number of nitrogens with zero attached hydrogens (tertiary/aromatic N) is 4. The molecule has 0 saturated carbocycles. The van der Waals surface area contributed by atoms with Crippen molar-refractivity contribution in [3.8, 4) is 39.6 Å². The number of pyridine rings is 1. The average molecular weight is 621 g/mol. The first-order valence-corrected chi connectivity index (χ1v) is 17.5. The summed E-state index contributed by atoms with van der Waals surface area (Å²) in [7, 11) is 0. The van der Waals surface area contributed by atoms with Gasteiger partial charge in [0.15, 0.2) is 0 Å². The molecule has 3 aliphatic rings. The molecule has 0 bridgehead atoms. The van der Waals surface area contributed by atoms with Crippen LogP contribution < -0.4 is 14.2 Å². The zero-order valence-corrected chi connectivity index (χ0v) is 27.2. The van der Waals surface area contributed by atoms with E-state index in [9.17, 15) is 0 Å².